The molecule has 0 aliphatic rings. The first-order valence-electron chi connectivity index (χ1n) is 4.42. The van der Waals surface area contributed by atoms with Crippen molar-refractivity contribution in [2.45, 2.75) is 32.4 Å². The SMILES string of the molecule is Cc1ccc(C=N[S+]([O-])C(C)(C)C)s1. The van der Waals surface area contributed by atoms with Crippen LogP contribution in [0.2, 0.25) is 0 Å². The molecular weight excluding hydrogens is 214 g/mol. The average Bonchev–Trinajstić information content (AvgIpc) is 2.45. The monoisotopic (exact) mass is 229 g/mol. The van der Waals surface area contributed by atoms with E-state index in [1.807, 2.05) is 39.8 Å². The van der Waals surface area contributed by atoms with Gasteiger partial charge in [0.2, 0.25) is 0 Å². The molecule has 0 aliphatic carbocycles. The zero-order valence-electron chi connectivity index (χ0n) is 8.90. The Bertz CT molecular complexity index is 325. The summed E-state index contributed by atoms with van der Waals surface area (Å²) in [6.07, 6.45) is 1.69. The van der Waals surface area contributed by atoms with Gasteiger partial charge in [0.1, 0.15) is 16.1 Å². The van der Waals surface area contributed by atoms with E-state index in [2.05, 4.69) is 4.40 Å². The third-order valence-corrected chi connectivity index (χ3v) is 3.84. The molecule has 1 atom stereocenters. The second-order valence-corrected chi connectivity index (χ2v) is 7.30. The fourth-order valence-corrected chi connectivity index (χ4v) is 2.12. The largest absolute Gasteiger partial charge is 0.591 e. The molecule has 1 aromatic heterocycles. The molecule has 4 heteroatoms. The molecule has 0 amide bonds. The van der Waals surface area contributed by atoms with Crippen molar-refractivity contribution >= 4 is 28.9 Å². The average molecular weight is 229 g/mol. The molecule has 0 radical (unpaired) electrons. The van der Waals surface area contributed by atoms with E-state index in [1.165, 1.54) is 4.88 Å². The van der Waals surface area contributed by atoms with Gasteiger partial charge in [-0.25, -0.2) is 0 Å². The molecule has 1 heterocycles. The normalized spacial score (nSPS) is 14.9. The Morgan fingerprint density at radius 3 is 2.50 bits per heavy atom. The summed E-state index contributed by atoms with van der Waals surface area (Å²) < 4.78 is 15.3. The molecule has 0 fully saturated rings. The molecule has 0 aromatic carbocycles. The van der Waals surface area contributed by atoms with Crippen molar-refractivity contribution in [3.05, 3.63) is 21.9 Å². The van der Waals surface area contributed by atoms with Crippen molar-refractivity contribution in [2.24, 2.45) is 4.40 Å². The van der Waals surface area contributed by atoms with Gasteiger partial charge >= 0.3 is 0 Å². The van der Waals surface area contributed by atoms with Crippen molar-refractivity contribution in [2.75, 3.05) is 0 Å². The topological polar surface area (TPSA) is 35.4 Å². The maximum Gasteiger partial charge on any atom is 0.144 e. The summed E-state index contributed by atoms with van der Waals surface area (Å²) in [6, 6.07) is 4.02. The van der Waals surface area contributed by atoms with Gasteiger partial charge in [-0.1, -0.05) is 4.40 Å². The molecule has 0 saturated carbocycles. The zero-order chi connectivity index (χ0) is 10.8. The first-order valence-corrected chi connectivity index (χ1v) is 6.34. The second-order valence-electron chi connectivity index (χ2n) is 4.04. The lowest BCUT2D eigenvalue weighted by atomic mass is 10.3. The third kappa shape index (κ3) is 3.44. The van der Waals surface area contributed by atoms with Gasteiger partial charge in [0, 0.05) is 4.88 Å². The minimum Gasteiger partial charge on any atom is -0.591 e. The first-order chi connectivity index (χ1) is 6.39. The van der Waals surface area contributed by atoms with Gasteiger partial charge in [0.15, 0.2) is 0 Å². The minimum atomic E-state index is -1.15. The van der Waals surface area contributed by atoms with Crippen LogP contribution in [0.1, 0.15) is 30.5 Å². The minimum absolute atomic E-state index is 0.275. The fraction of sp³-hybridized carbons (Fsp3) is 0.500. The van der Waals surface area contributed by atoms with Gasteiger partial charge in [-0.2, -0.15) is 0 Å². The van der Waals surface area contributed by atoms with Gasteiger partial charge in [0.25, 0.3) is 0 Å². The number of nitrogens with zero attached hydrogens (tertiary/aromatic N) is 1. The number of thiophene rings is 1. The molecule has 1 rings (SSSR count). The van der Waals surface area contributed by atoms with Crippen LogP contribution in [-0.2, 0) is 11.4 Å². The van der Waals surface area contributed by atoms with Crippen molar-refractivity contribution in [3.63, 3.8) is 0 Å². The molecule has 0 N–H and O–H groups in total. The van der Waals surface area contributed by atoms with Crippen LogP contribution in [0.5, 0.6) is 0 Å². The predicted molar refractivity (Wildman–Crippen MR) is 64.5 cm³/mol. The van der Waals surface area contributed by atoms with Gasteiger partial charge in [-0.3, -0.25) is 0 Å². The van der Waals surface area contributed by atoms with Crippen molar-refractivity contribution in [1.29, 1.82) is 0 Å². The third-order valence-electron chi connectivity index (χ3n) is 1.56. The first kappa shape index (κ1) is 11.8. The van der Waals surface area contributed by atoms with Crippen LogP contribution in [0.15, 0.2) is 16.5 Å². The maximum absolute atomic E-state index is 11.6. The Morgan fingerprint density at radius 2 is 2.07 bits per heavy atom. The number of rotatable bonds is 2. The fourth-order valence-electron chi connectivity index (χ4n) is 0.781. The van der Waals surface area contributed by atoms with E-state index in [0.29, 0.717) is 0 Å². The Morgan fingerprint density at radius 1 is 1.43 bits per heavy atom. The van der Waals surface area contributed by atoms with Crippen LogP contribution < -0.4 is 0 Å². The predicted octanol–water partition coefficient (Wildman–Crippen LogP) is 2.94. The summed E-state index contributed by atoms with van der Waals surface area (Å²) in [5.41, 5.74) is 0. The zero-order valence-corrected chi connectivity index (χ0v) is 10.5. The number of hydrogen-bond donors (Lipinski definition) is 0. The van der Waals surface area contributed by atoms with E-state index >= 15 is 0 Å². The Kier molecular flexibility index (Phi) is 3.75. The maximum atomic E-state index is 11.6. The molecular formula is C10H15NOS2. The van der Waals surface area contributed by atoms with Crippen molar-refractivity contribution < 1.29 is 4.55 Å². The molecule has 14 heavy (non-hydrogen) atoms. The highest BCUT2D eigenvalue weighted by molar-refractivity contribution is 7.91. The van der Waals surface area contributed by atoms with Gasteiger partial charge < -0.3 is 4.55 Å². The molecule has 1 aromatic rings. The van der Waals surface area contributed by atoms with E-state index in [4.69, 9.17) is 0 Å². The van der Waals surface area contributed by atoms with Crippen LogP contribution in [0, 0.1) is 6.92 Å². The molecule has 0 aliphatic heterocycles. The van der Waals surface area contributed by atoms with E-state index in [9.17, 15) is 4.55 Å². The molecule has 0 spiro atoms. The quantitative estimate of drug-likeness (QED) is 0.567. The van der Waals surface area contributed by atoms with Crippen LogP contribution in [0.3, 0.4) is 0 Å². The van der Waals surface area contributed by atoms with Crippen LogP contribution in [0.25, 0.3) is 0 Å². The molecule has 1 unspecified atom stereocenters. The smallest absolute Gasteiger partial charge is 0.144 e. The Hall–Kier alpha value is -0.320. The summed E-state index contributed by atoms with van der Waals surface area (Å²) in [4.78, 5) is 2.30. The van der Waals surface area contributed by atoms with Crippen molar-refractivity contribution in [3.8, 4) is 0 Å². The lowest BCUT2D eigenvalue weighted by Crippen LogP contribution is -2.25. The lowest BCUT2D eigenvalue weighted by molar-refractivity contribution is 0.562. The van der Waals surface area contributed by atoms with Gasteiger partial charge in [0.05, 0.1) is 11.1 Å². The molecule has 2 nitrogen and oxygen atoms in total. The molecule has 0 bridgehead atoms. The second kappa shape index (κ2) is 4.47. The van der Waals surface area contributed by atoms with E-state index in [-0.39, 0.29) is 4.75 Å². The van der Waals surface area contributed by atoms with Crippen LogP contribution in [0.4, 0.5) is 0 Å². The summed E-state index contributed by atoms with van der Waals surface area (Å²) in [5.74, 6) is 0. The Labute approximate surface area is 92.4 Å². The summed E-state index contributed by atoms with van der Waals surface area (Å²) in [5, 5.41) is 0. The van der Waals surface area contributed by atoms with Crippen LogP contribution in [-0.4, -0.2) is 15.5 Å². The summed E-state index contributed by atoms with van der Waals surface area (Å²) in [6.45, 7) is 7.79. The van der Waals surface area contributed by atoms with Crippen molar-refractivity contribution in [1.82, 2.24) is 0 Å². The molecule has 0 saturated heterocycles. The van der Waals surface area contributed by atoms with E-state index in [1.54, 1.807) is 17.6 Å². The highest BCUT2D eigenvalue weighted by Crippen LogP contribution is 2.18. The molecule has 78 valence electrons. The highest BCUT2D eigenvalue weighted by Gasteiger charge is 2.25. The van der Waals surface area contributed by atoms with Gasteiger partial charge in [-0.05, 0) is 39.8 Å². The van der Waals surface area contributed by atoms with Crippen LogP contribution >= 0.6 is 11.3 Å². The van der Waals surface area contributed by atoms with E-state index in [0.717, 1.165) is 4.88 Å². The standard InChI is InChI=1S/C10H15NOS2/c1-8-5-6-9(13-8)7-11-14(12)10(2,3)4/h5-7H,1-4H3. The number of aryl methyl sites for hydroxylation is 1. The number of hydrogen-bond acceptors (Lipinski definition) is 3. The summed E-state index contributed by atoms with van der Waals surface area (Å²) in [7, 11) is 0. The lowest BCUT2D eigenvalue weighted by Gasteiger charge is -2.17. The van der Waals surface area contributed by atoms with Gasteiger partial charge in [-0.15, -0.1) is 11.3 Å². The summed E-state index contributed by atoms with van der Waals surface area (Å²) >= 11 is 0.504. The van der Waals surface area contributed by atoms with E-state index < -0.39 is 11.4 Å². The Balaban J connectivity index is 2.65. The highest BCUT2D eigenvalue weighted by atomic mass is 32.2.